The van der Waals surface area contributed by atoms with E-state index in [0.717, 1.165) is 13.5 Å². The first-order valence-electron chi connectivity index (χ1n) is 5.10. The third-order valence-electron chi connectivity index (χ3n) is 3.20. The van der Waals surface area contributed by atoms with E-state index in [1.54, 1.807) is 0 Å². The molecule has 0 aromatic heterocycles. The van der Waals surface area contributed by atoms with Crippen molar-refractivity contribution in [1.82, 2.24) is 0 Å². The first-order chi connectivity index (χ1) is 7.64. The average Bonchev–Trinajstić information content (AvgIpc) is 2.97. The van der Waals surface area contributed by atoms with Crippen LogP contribution >= 0.6 is 0 Å². The van der Waals surface area contributed by atoms with Crippen LogP contribution in [0, 0.1) is 17.3 Å². The third kappa shape index (κ3) is 2.87. The summed E-state index contributed by atoms with van der Waals surface area (Å²) in [6.45, 7) is 0. The minimum Gasteiger partial charge on any atom is -0.468 e. The normalized spacial score (nSPS) is 23.4. The molecular weight excluding hydrogens is 319 g/mol. The van der Waals surface area contributed by atoms with Gasteiger partial charge in [-0.25, -0.2) is 6.42 Å². The van der Waals surface area contributed by atoms with Gasteiger partial charge in [-0.15, -0.1) is 6.42 Å². The summed E-state index contributed by atoms with van der Waals surface area (Å²) >= 11 is 0. The van der Waals surface area contributed by atoms with Crippen LogP contribution in [0.25, 0.3) is 0 Å². The molecule has 0 aromatic rings. The second kappa shape index (κ2) is 6.48. The molecule has 0 aliphatic heterocycles. The molecule has 5 nitrogen and oxygen atoms in total. The Morgan fingerprint density at radius 3 is 2.00 bits per heavy atom. The van der Waals surface area contributed by atoms with Gasteiger partial charge in [0.1, 0.15) is 5.41 Å². The van der Waals surface area contributed by atoms with Crippen LogP contribution in [0.4, 0.5) is 0 Å². The fourth-order valence-corrected chi connectivity index (χ4v) is 2.36. The first kappa shape index (κ1) is 16.6. The van der Waals surface area contributed by atoms with Gasteiger partial charge in [-0.2, -0.15) is 5.92 Å². The van der Waals surface area contributed by atoms with E-state index in [-0.39, 0.29) is 20.4 Å². The Morgan fingerprint density at radius 2 is 1.71 bits per heavy atom. The van der Waals surface area contributed by atoms with E-state index in [1.807, 2.05) is 0 Å². The number of hydrogen-bond donors (Lipinski definition) is 1. The Balaban J connectivity index is 0.000000811. The number of hydrogen-bond acceptors (Lipinski definition) is 5. The Morgan fingerprint density at radius 1 is 1.24 bits per heavy atom. The van der Waals surface area contributed by atoms with Crippen molar-refractivity contribution in [3.63, 3.8) is 0 Å². The van der Waals surface area contributed by atoms with Crippen LogP contribution in [0.2, 0.25) is 0 Å². The molecule has 2 aliphatic rings. The number of carbonyl (C=O) groups is 2. The number of aliphatic hydroxyl groups is 1. The van der Waals surface area contributed by atoms with Gasteiger partial charge in [0.05, 0.1) is 14.2 Å². The molecular formula is C11H17O5Pd-. The van der Waals surface area contributed by atoms with E-state index in [0.29, 0.717) is 18.8 Å². The minimum atomic E-state index is -1.03. The van der Waals surface area contributed by atoms with Crippen LogP contribution < -0.4 is 0 Å². The summed E-state index contributed by atoms with van der Waals surface area (Å²) in [4.78, 5) is 23.1. The maximum atomic E-state index is 11.6. The largest absolute Gasteiger partial charge is 0.468 e. The second-order valence-corrected chi connectivity index (χ2v) is 4.01. The van der Waals surface area contributed by atoms with Crippen molar-refractivity contribution < 1.29 is 44.6 Å². The third-order valence-corrected chi connectivity index (χ3v) is 3.20. The molecule has 102 valence electrons. The van der Waals surface area contributed by atoms with Gasteiger partial charge in [-0.05, 0) is 0 Å². The number of fused-ring (bicyclic) bond motifs is 1. The molecule has 2 saturated carbocycles. The van der Waals surface area contributed by atoms with Crippen LogP contribution in [-0.2, 0) is 39.5 Å². The molecule has 0 saturated heterocycles. The van der Waals surface area contributed by atoms with Crippen LogP contribution in [0.5, 0.6) is 0 Å². The van der Waals surface area contributed by atoms with Crippen molar-refractivity contribution in [2.75, 3.05) is 21.3 Å². The van der Waals surface area contributed by atoms with Crippen LogP contribution in [0.3, 0.4) is 0 Å². The van der Waals surface area contributed by atoms with Gasteiger partial charge < -0.3 is 20.5 Å². The van der Waals surface area contributed by atoms with Gasteiger partial charge in [0.15, 0.2) is 0 Å². The van der Waals surface area contributed by atoms with Crippen LogP contribution in [0.15, 0.2) is 0 Å². The number of carbonyl (C=O) groups excluding carboxylic acids is 2. The molecule has 0 heterocycles. The summed E-state index contributed by atoms with van der Waals surface area (Å²) in [7, 11) is 3.61. The summed E-state index contributed by atoms with van der Waals surface area (Å²) in [6.07, 6.45) is 2.16. The SMILES string of the molecule is CO.COC(=O)C1(C(=O)OC)C[C-]2CC2C1.[Pd]. The van der Waals surface area contributed by atoms with Crippen molar-refractivity contribution in [3.8, 4) is 0 Å². The molecule has 1 unspecified atom stereocenters. The van der Waals surface area contributed by atoms with Crippen LogP contribution in [-0.4, -0.2) is 38.4 Å². The zero-order valence-corrected chi connectivity index (χ0v) is 11.6. The maximum Gasteiger partial charge on any atom is 0.320 e. The Hall–Kier alpha value is -0.438. The molecule has 0 bridgehead atoms. The predicted molar refractivity (Wildman–Crippen MR) is 55.2 cm³/mol. The predicted octanol–water partition coefficient (Wildman–Crippen LogP) is 0.313. The zero-order chi connectivity index (χ0) is 12.3. The quantitative estimate of drug-likeness (QED) is 0.340. The number of esters is 2. The van der Waals surface area contributed by atoms with Gasteiger partial charge in [-0.3, -0.25) is 9.59 Å². The monoisotopic (exact) mass is 335 g/mol. The molecule has 2 aliphatic carbocycles. The molecule has 1 N–H and O–H groups in total. The van der Waals surface area contributed by atoms with E-state index >= 15 is 0 Å². The molecule has 0 amide bonds. The van der Waals surface area contributed by atoms with Gasteiger partial charge in [-0.1, -0.05) is 6.42 Å². The van der Waals surface area contributed by atoms with E-state index in [9.17, 15) is 9.59 Å². The van der Waals surface area contributed by atoms with Gasteiger partial charge in [0, 0.05) is 27.5 Å². The standard InChI is InChI=1S/C10H13O4.CH4O.Pd/c1-13-8(11)10(9(12)14-2)4-6-3-7(6)5-10;1-2;/h6H,3-5H2,1-2H3;2H,1H3;/q-1;;. The zero-order valence-electron chi connectivity index (χ0n) is 10.1. The van der Waals surface area contributed by atoms with Crippen molar-refractivity contribution in [2.24, 2.45) is 11.3 Å². The number of aliphatic hydroxyl groups excluding tert-OH is 1. The number of ether oxygens (including phenoxy) is 2. The summed E-state index contributed by atoms with van der Waals surface area (Å²) in [5.74, 6) is 0.849. The number of methoxy groups -OCH3 is 2. The summed E-state index contributed by atoms with van der Waals surface area (Å²) < 4.78 is 9.35. The van der Waals surface area contributed by atoms with Crippen molar-refractivity contribution in [3.05, 3.63) is 5.92 Å². The molecule has 0 radical (unpaired) electrons. The molecule has 17 heavy (non-hydrogen) atoms. The Labute approximate surface area is 115 Å². The van der Waals surface area contributed by atoms with Gasteiger partial charge in [0.25, 0.3) is 0 Å². The van der Waals surface area contributed by atoms with Gasteiger partial charge >= 0.3 is 11.9 Å². The van der Waals surface area contributed by atoms with E-state index in [2.05, 4.69) is 9.47 Å². The Bertz CT molecular complexity index is 264. The molecule has 0 spiro atoms. The molecule has 2 rings (SSSR count). The summed E-state index contributed by atoms with van der Waals surface area (Å²) in [6, 6.07) is 0. The Kier molecular flexibility index (Phi) is 6.32. The van der Waals surface area contributed by atoms with E-state index in [1.165, 1.54) is 20.1 Å². The van der Waals surface area contributed by atoms with E-state index < -0.39 is 17.4 Å². The second-order valence-electron chi connectivity index (χ2n) is 4.01. The summed E-state index contributed by atoms with van der Waals surface area (Å²) in [5, 5.41) is 7.00. The molecule has 6 heteroatoms. The first-order valence-corrected chi connectivity index (χ1v) is 5.10. The minimum absolute atomic E-state index is 0. The fourth-order valence-electron chi connectivity index (χ4n) is 2.36. The number of rotatable bonds is 2. The van der Waals surface area contributed by atoms with Gasteiger partial charge in [0.2, 0.25) is 0 Å². The average molecular weight is 336 g/mol. The smallest absolute Gasteiger partial charge is 0.320 e. The summed E-state index contributed by atoms with van der Waals surface area (Å²) in [5.41, 5.74) is -1.03. The van der Waals surface area contributed by atoms with Crippen molar-refractivity contribution in [1.29, 1.82) is 0 Å². The van der Waals surface area contributed by atoms with Crippen LogP contribution in [0.1, 0.15) is 19.3 Å². The topological polar surface area (TPSA) is 72.8 Å². The molecule has 2 fully saturated rings. The fraction of sp³-hybridized carbons (Fsp3) is 0.727. The molecule has 1 atom stereocenters. The van der Waals surface area contributed by atoms with E-state index in [4.69, 9.17) is 5.11 Å². The van der Waals surface area contributed by atoms with Crippen molar-refractivity contribution >= 4 is 11.9 Å². The van der Waals surface area contributed by atoms with Crippen molar-refractivity contribution in [2.45, 2.75) is 19.3 Å². The molecule has 0 aromatic carbocycles. The maximum absolute atomic E-state index is 11.6.